The quantitative estimate of drug-likeness (QED) is 0.433. The molecule has 2 heterocycles. The number of amides is 3. The molecule has 0 spiro atoms. The maximum Gasteiger partial charge on any atom is 0.266 e. The third kappa shape index (κ3) is 4.03. The molecule has 1 aromatic heterocycles. The van der Waals surface area contributed by atoms with E-state index < -0.39 is 11.4 Å². The first-order valence-electron chi connectivity index (χ1n) is 12.0. The highest BCUT2D eigenvalue weighted by atomic mass is 16.5. The first-order chi connectivity index (χ1) is 16.8. The Hall–Kier alpha value is -3.81. The number of rotatable bonds is 4. The predicted molar refractivity (Wildman–Crippen MR) is 129 cm³/mol. The van der Waals surface area contributed by atoms with Gasteiger partial charge in [-0.25, -0.2) is 4.90 Å². The van der Waals surface area contributed by atoms with Crippen LogP contribution in [0.1, 0.15) is 92.4 Å². The Morgan fingerprint density at radius 1 is 0.943 bits per heavy atom. The number of anilines is 1. The minimum Gasteiger partial charge on any atom is -0.340 e. The van der Waals surface area contributed by atoms with Crippen molar-refractivity contribution in [1.82, 2.24) is 15.5 Å². The van der Waals surface area contributed by atoms with E-state index in [1.54, 1.807) is 19.1 Å². The molecule has 1 saturated carbocycles. The van der Waals surface area contributed by atoms with Crippen LogP contribution in [-0.2, 0) is 5.54 Å². The van der Waals surface area contributed by atoms with Gasteiger partial charge in [-0.2, -0.15) is 4.98 Å². The van der Waals surface area contributed by atoms with Crippen molar-refractivity contribution in [1.29, 1.82) is 0 Å². The Balaban J connectivity index is 1.46. The number of hydrogen-bond donors (Lipinski definition) is 1. The van der Waals surface area contributed by atoms with Crippen molar-refractivity contribution in [3.05, 3.63) is 75.9 Å². The number of carbonyl (C=O) groups excluding carboxylic acids is 3. The van der Waals surface area contributed by atoms with Crippen LogP contribution in [0.15, 0.2) is 40.9 Å². The second-order valence-corrected chi connectivity index (χ2v) is 9.58. The molecule has 1 fully saturated rings. The first kappa shape index (κ1) is 23.0. The van der Waals surface area contributed by atoms with Crippen LogP contribution >= 0.6 is 0 Å². The second kappa shape index (κ2) is 8.76. The van der Waals surface area contributed by atoms with E-state index in [0.717, 1.165) is 36.8 Å². The minimum atomic E-state index is -0.727. The number of benzene rings is 2. The van der Waals surface area contributed by atoms with Crippen LogP contribution in [0, 0.1) is 20.8 Å². The maximum atomic E-state index is 13.4. The number of hydrogen-bond acceptors (Lipinski definition) is 6. The van der Waals surface area contributed by atoms with E-state index in [2.05, 4.69) is 15.5 Å². The van der Waals surface area contributed by atoms with Gasteiger partial charge in [0.05, 0.1) is 16.8 Å². The fourth-order valence-corrected chi connectivity index (χ4v) is 5.08. The molecule has 1 aliphatic carbocycles. The highest BCUT2D eigenvalue weighted by Gasteiger charge is 2.41. The lowest BCUT2D eigenvalue weighted by atomic mass is 9.88. The smallest absolute Gasteiger partial charge is 0.266 e. The number of imide groups is 1. The van der Waals surface area contributed by atoms with Crippen molar-refractivity contribution < 1.29 is 18.9 Å². The molecule has 1 N–H and O–H groups in total. The molecule has 2 aromatic carbocycles. The Labute approximate surface area is 203 Å². The summed E-state index contributed by atoms with van der Waals surface area (Å²) in [7, 11) is 0. The van der Waals surface area contributed by atoms with E-state index in [9.17, 15) is 14.4 Å². The summed E-state index contributed by atoms with van der Waals surface area (Å²) in [5.41, 5.74) is 2.46. The lowest BCUT2D eigenvalue weighted by Crippen LogP contribution is -2.46. The van der Waals surface area contributed by atoms with Gasteiger partial charge in [0.1, 0.15) is 5.54 Å². The molecule has 8 nitrogen and oxygen atoms in total. The molecule has 3 aromatic rings. The largest absolute Gasteiger partial charge is 0.340 e. The van der Waals surface area contributed by atoms with Crippen LogP contribution in [0.4, 0.5) is 5.69 Å². The van der Waals surface area contributed by atoms with E-state index in [4.69, 9.17) is 4.52 Å². The summed E-state index contributed by atoms with van der Waals surface area (Å²) in [6.45, 7) is 5.51. The van der Waals surface area contributed by atoms with Gasteiger partial charge in [-0.05, 0) is 62.1 Å². The van der Waals surface area contributed by atoms with Crippen molar-refractivity contribution in [2.75, 3.05) is 4.90 Å². The van der Waals surface area contributed by atoms with Gasteiger partial charge in [0, 0.05) is 12.5 Å². The van der Waals surface area contributed by atoms with Gasteiger partial charge in [0.2, 0.25) is 5.89 Å². The van der Waals surface area contributed by atoms with Crippen molar-refractivity contribution in [3.63, 3.8) is 0 Å². The maximum absolute atomic E-state index is 13.4. The molecule has 5 rings (SSSR count). The van der Waals surface area contributed by atoms with Gasteiger partial charge >= 0.3 is 0 Å². The summed E-state index contributed by atoms with van der Waals surface area (Å²) in [5.74, 6) is -0.202. The molecule has 0 radical (unpaired) electrons. The average Bonchev–Trinajstić information content (AvgIpc) is 3.28. The van der Waals surface area contributed by atoms with Crippen LogP contribution in [-0.4, -0.2) is 27.9 Å². The van der Waals surface area contributed by atoms with Crippen LogP contribution in [0.3, 0.4) is 0 Å². The van der Waals surface area contributed by atoms with Gasteiger partial charge in [-0.1, -0.05) is 43.0 Å². The fraction of sp³-hybridized carbons (Fsp3) is 0.370. The normalized spacial score (nSPS) is 17.3. The summed E-state index contributed by atoms with van der Waals surface area (Å²) < 4.78 is 5.23. The third-order valence-corrected chi connectivity index (χ3v) is 7.02. The number of carbonyl (C=O) groups is 3. The Kier molecular flexibility index (Phi) is 5.75. The van der Waals surface area contributed by atoms with Crippen molar-refractivity contribution in [2.24, 2.45) is 0 Å². The average molecular weight is 473 g/mol. The van der Waals surface area contributed by atoms with Crippen LogP contribution in [0.2, 0.25) is 0 Å². The van der Waals surface area contributed by atoms with E-state index in [-0.39, 0.29) is 17.4 Å². The van der Waals surface area contributed by atoms with Crippen molar-refractivity contribution in [2.45, 2.75) is 64.8 Å². The number of aryl methyl sites for hydroxylation is 3. The van der Waals surface area contributed by atoms with E-state index in [1.807, 2.05) is 32.0 Å². The highest BCUT2D eigenvalue weighted by Crippen LogP contribution is 2.36. The summed E-state index contributed by atoms with van der Waals surface area (Å²) in [4.78, 5) is 45.5. The number of nitrogens with one attached hydrogen (secondary N) is 1. The zero-order chi connectivity index (χ0) is 24.7. The SMILES string of the molecule is Cc1ccc(C)c(N2C(=O)c3ccc(C(=O)NC4(c5noc(C)n5)CCCCCC4)cc3C2=O)c1. The van der Waals surface area contributed by atoms with Crippen molar-refractivity contribution >= 4 is 23.4 Å². The fourth-order valence-electron chi connectivity index (χ4n) is 5.08. The molecule has 3 amide bonds. The van der Waals surface area contributed by atoms with Crippen LogP contribution in [0.25, 0.3) is 0 Å². The van der Waals surface area contributed by atoms with Crippen molar-refractivity contribution in [3.8, 4) is 0 Å². The molecule has 0 bridgehead atoms. The summed E-state index contributed by atoms with van der Waals surface area (Å²) in [5, 5.41) is 7.29. The van der Waals surface area contributed by atoms with E-state index in [1.165, 1.54) is 11.0 Å². The zero-order valence-corrected chi connectivity index (χ0v) is 20.2. The summed E-state index contributed by atoms with van der Waals surface area (Å²) in [6, 6.07) is 10.3. The van der Waals surface area contributed by atoms with Gasteiger partial charge in [0.15, 0.2) is 5.82 Å². The molecule has 35 heavy (non-hydrogen) atoms. The molecule has 180 valence electrons. The molecular formula is C27H28N4O4. The summed E-state index contributed by atoms with van der Waals surface area (Å²) >= 11 is 0. The van der Waals surface area contributed by atoms with Crippen LogP contribution < -0.4 is 10.2 Å². The predicted octanol–water partition coefficient (Wildman–Crippen LogP) is 4.77. The zero-order valence-electron chi connectivity index (χ0n) is 20.2. The molecule has 0 saturated heterocycles. The third-order valence-electron chi connectivity index (χ3n) is 7.02. The van der Waals surface area contributed by atoms with Gasteiger partial charge in [0.25, 0.3) is 17.7 Å². The monoisotopic (exact) mass is 472 g/mol. The molecule has 1 aliphatic heterocycles. The van der Waals surface area contributed by atoms with Crippen LogP contribution in [0.5, 0.6) is 0 Å². The second-order valence-electron chi connectivity index (χ2n) is 9.58. The Bertz CT molecular complexity index is 1330. The number of fused-ring (bicyclic) bond motifs is 1. The standard InChI is InChI=1S/C27H28N4O4/c1-16-8-9-17(2)22(14-16)31-24(33)20-11-10-19(15-21(20)25(31)34)23(32)29-27(12-6-4-5-7-13-27)26-28-18(3)35-30-26/h8-11,14-15H,4-7,12-13H2,1-3H3,(H,29,32). The minimum absolute atomic E-state index is 0.230. The number of aromatic nitrogens is 2. The Morgan fingerprint density at radius 2 is 1.66 bits per heavy atom. The molecule has 0 atom stereocenters. The summed E-state index contributed by atoms with van der Waals surface area (Å²) in [6.07, 6.45) is 5.46. The molecular weight excluding hydrogens is 444 g/mol. The van der Waals surface area contributed by atoms with E-state index in [0.29, 0.717) is 41.4 Å². The van der Waals surface area contributed by atoms with Gasteiger partial charge in [-0.3, -0.25) is 14.4 Å². The molecule has 0 unspecified atom stereocenters. The molecule has 2 aliphatic rings. The van der Waals surface area contributed by atoms with Gasteiger partial charge < -0.3 is 9.84 Å². The lowest BCUT2D eigenvalue weighted by Gasteiger charge is -2.30. The topological polar surface area (TPSA) is 105 Å². The van der Waals surface area contributed by atoms with E-state index >= 15 is 0 Å². The number of nitrogens with zero attached hydrogens (tertiary/aromatic N) is 3. The lowest BCUT2D eigenvalue weighted by molar-refractivity contribution is 0.0875. The highest BCUT2D eigenvalue weighted by molar-refractivity contribution is 6.35. The first-order valence-corrected chi connectivity index (χ1v) is 12.0. The molecule has 8 heteroatoms. The Morgan fingerprint density at radius 3 is 2.34 bits per heavy atom. The van der Waals surface area contributed by atoms with Gasteiger partial charge in [-0.15, -0.1) is 0 Å².